The van der Waals surface area contributed by atoms with Crippen molar-refractivity contribution in [3.63, 3.8) is 0 Å². The molecular weight excluding hydrogens is 370 g/mol. The van der Waals surface area contributed by atoms with Crippen molar-refractivity contribution in [1.82, 2.24) is 4.72 Å². The average molecular weight is 394 g/mol. The van der Waals surface area contributed by atoms with Crippen LogP contribution in [0.5, 0.6) is 0 Å². The van der Waals surface area contributed by atoms with Crippen molar-refractivity contribution in [3.05, 3.63) is 70.2 Å². The fourth-order valence-corrected chi connectivity index (χ4v) is 3.96. The minimum absolute atomic E-state index is 0.268. The lowest BCUT2D eigenvalue weighted by molar-refractivity contribution is -0.120. The summed E-state index contributed by atoms with van der Waals surface area (Å²) in [6, 6.07) is 14.2. The predicted molar refractivity (Wildman–Crippen MR) is 106 cm³/mol. The van der Waals surface area contributed by atoms with E-state index in [4.69, 9.17) is 11.6 Å². The molecule has 2 rings (SSSR count). The van der Waals surface area contributed by atoms with Gasteiger partial charge in [-0.05, 0) is 48.1 Å². The first-order valence-electron chi connectivity index (χ1n) is 8.54. The Balaban J connectivity index is 2.02. The van der Waals surface area contributed by atoms with Gasteiger partial charge in [0.15, 0.2) is 0 Å². The van der Waals surface area contributed by atoms with Crippen molar-refractivity contribution < 1.29 is 13.2 Å². The van der Waals surface area contributed by atoms with Gasteiger partial charge in [-0.1, -0.05) is 61.8 Å². The zero-order valence-corrected chi connectivity index (χ0v) is 16.8. The first-order chi connectivity index (χ1) is 12.2. The van der Waals surface area contributed by atoms with Crippen LogP contribution >= 0.6 is 11.6 Å². The Hall–Kier alpha value is -1.85. The van der Waals surface area contributed by atoms with Gasteiger partial charge in [-0.3, -0.25) is 9.52 Å². The molecule has 2 aromatic rings. The molecule has 0 aliphatic heterocycles. The fourth-order valence-electron chi connectivity index (χ4n) is 2.64. The Kier molecular flexibility index (Phi) is 6.84. The molecule has 0 aliphatic carbocycles. The third-order valence-corrected chi connectivity index (χ3v) is 5.52. The van der Waals surface area contributed by atoms with Crippen LogP contribution in [0.1, 0.15) is 43.4 Å². The summed E-state index contributed by atoms with van der Waals surface area (Å²) in [5.41, 5.74) is 2.56. The van der Waals surface area contributed by atoms with Crippen LogP contribution in [0.15, 0.2) is 48.5 Å². The molecule has 0 aromatic heterocycles. The van der Waals surface area contributed by atoms with E-state index in [1.165, 1.54) is 5.56 Å². The van der Waals surface area contributed by atoms with E-state index in [1.54, 1.807) is 31.2 Å². The lowest BCUT2D eigenvalue weighted by atomic mass is 9.96. The highest BCUT2D eigenvalue weighted by molar-refractivity contribution is 7.89. The second kappa shape index (κ2) is 8.69. The standard InChI is InChI=1S/C20H24ClNO3S/c1-14(2)12-16-4-8-18(9-5-16)15(3)20(23)22-26(24,25)13-17-6-10-19(21)11-7-17/h4-11,14-15H,12-13H2,1-3H3,(H,22,23)/t15-/m1/s1. The molecule has 0 fully saturated rings. The average Bonchev–Trinajstić information content (AvgIpc) is 2.56. The van der Waals surface area contributed by atoms with Crippen LogP contribution in [0.4, 0.5) is 0 Å². The molecule has 0 spiro atoms. The summed E-state index contributed by atoms with van der Waals surface area (Å²) in [5.74, 6) is -0.797. The molecule has 0 bridgehead atoms. The van der Waals surface area contributed by atoms with Crippen LogP contribution in [-0.2, 0) is 27.0 Å². The van der Waals surface area contributed by atoms with Crippen LogP contribution in [0.25, 0.3) is 0 Å². The van der Waals surface area contributed by atoms with Gasteiger partial charge in [0.25, 0.3) is 0 Å². The molecule has 4 nitrogen and oxygen atoms in total. The van der Waals surface area contributed by atoms with Gasteiger partial charge in [0.1, 0.15) is 0 Å². The van der Waals surface area contributed by atoms with Crippen LogP contribution in [0, 0.1) is 5.92 Å². The summed E-state index contributed by atoms with van der Waals surface area (Å²) in [5, 5.41) is 0.532. The van der Waals surface area contributed by atoms with Gasteiger partial charge in [-0.15, -0.1) is 0 Å². The first-order valence-corrected chi connectivity index (χ1v) is 10.6. The summed E-state index contributed by atoms with van der Waals surface area (Å²) in [6.07, 6.45) is 0.969. The summed E-state index contributed by atoms with van der Waals surface area (Å²) in [6.45, 7) is 6.00. The molecular formula is C20H24ClNO3S. The molecule has 140 valence electrons. The third-order valence-electron chi connectivity index (χ3n) is 4.04. The maximum atomic E-state index is 12.4. The maximum Gasteiger partial charge on any atom is 0.240 e. The number of rotatable bonds is 7. The Morgan fingerprint density at radius 2 is 1.50 bits per heavy atom. The highest BCUT2D eigenvalue weighted by atomic mass is 35.5. The van der Waals surface area contributed by atoms with Gasteiger partial charge >= 0.3 is 0 Å². The van der Waals surface area contributed by atoms with Crippen LogP contribution in [0.2, 0.25) is 5.02 Å². The number of benzene rings is 2. The molecule has 1 N–H and O–H groups in total. The summed E-state index contributed by atoms with van der Waals surface area (Å²) in [7, 11) is -3.77. The molecule has 6 heteroatoms. The van der Waals surface area contributed by atoms with Gasteiger partial charge in [0, 0.05) is 5.02 Å². The minimum atomic E-state index is -3.77. The van der Waals surface area contributed by atoms with Gasteiger partial charge in [-0.25, -0.2) is 8.42 Å². The van der Waals surface area contributed by atoms with E-state index < -0.39 is 21.8 Å². The molecule has 26 heavy (non-hydrogen) atoms. The summed E-state index contributed by atoms with van der Waals surface area (Å²) >= 11 is 5.80. The lowest BCUT2D eigenvalue weighted by Crippen LogP contribution is -2.34. The number of nitrogens with one attached hydrogen (secondary N) is 1. The Labute approximate surface area is 160 Å². The van der Waals surface area contributed by atoms with Crippen molar-refractivity contribution >= 4 is 27.5 Å². The third kappa shape index (κ3) is 6.15. The quantitative estimate of drug-likeness (QED) is 0.763. The number of hydrogen-bond donors (Lipinski definition) is 1. The second-order valence-electron chi connectivity index (χ2n) is 6.91. The summed E-state index contributed by atoms with van der Waals surface area (Å²) < 4.78 is 26.6. The van der Waals surface area contributed by atoms with Gasteiger partial charge in [0.05, 0.1) is 11.7 Å². The van der Waals surface area contributed by atoms with E-state index in [9.17, 15) is 13.2 Å². The number of sulfonamides is 1. The molecule has 2 aromatic carbocycles. The number of amides is 1. The van der Waals surface area contributed by atoms with E-state index in [0.717, 1.165) is 12.0 Å². The van der Waals surface area contributed by atoms with E-state index in [2.05, 4.69) is 18.6 Å². The smallest absolute Gasteiger partial charge is 0.240 e. The van der Waals surface area contributed by atoms with Gasteiger partial charge in [-0.2, -0.15) is 0 Å². The molecule has 0 unspecified atom stereocenters. The number of carbonyl (C=O) groups excluding carboxylic acids is 1. The van der Waals surface area contributed by atoms with Crippen molar-refractivity contribution in [2.45, 2.75) is 38.9 Å². The van der Waals surface area contributed by atoms with Crippen molar-refractivity contribution in [2.24, 2.45) is 5.92 Å². The van der Waals surface area contributed by atoms with Crippen molar-refractivity contribution in [1.29, 1.82) is 0 Å². The van der Waals surface area contributed by atoms with Crippen LogP contribution in [0.3, 0.4) is 0 Å². The molecule has 0 aliphatic rings. The Morgan fingerprint density at radius 1 is 0.962 bits per heavy atom. The van der Waals surface area contributed by atoms with Crippen LogP contribution in [-0.4, -0.2) is 14.3 Å². The topological polar surface area (TPSA) is 63.2 Å². The highest BCUT2D eigenvalue weighted by Gasteiger charge is 2.21. The number of hydrogen-bond acceptors (Lipinski definition) is 3. The molecule has 0 saturated carbocycles. The van der Waals surface area contributed by atoms with E-state index in [1.807, 2.05) is 24.3 Å². The summed E-state index contributed by atoms with van der Waals surface area (Å²) in [4.78, 5) is 12.4. The first kappa shape index (κ1) is 20.5. The largest absolute Gasteiger partial charge is 0.273 e. The normalized spacial score (nSPS) is 12.8. The van der Waals surface area contributed by atoms with Crippen molar-refractivity contribution in [2.75, 3.05) is 0 Å². The Morgan fingerprint density at radius 3 is 2.04 bits per heavy atom. The van der Waals surface area contributed by atoms with Crippen LogP contribution < -0.4 is 4.72 Å². The monoisotopic (exact) mass is 393 g/mol. The molecule has 1 amide bonds. The second-order valence-corrected chi connectivity index (χ2v) is 9.07. The number of carbonyl (C=O) groups is 1. The van der Waals surface area contributed by atoms with E-state index in [-0.39, 0.29) is 5.75 Å². The molecule has 0 heterocycles. The number of halogens is 1. The SMILES string of the molecule is CC(C)Cc1ccc([C@@H](C)C(=O)NS(=O)(=O)Cc2ccc(Cl)cc2)cc1. The highest BCUT2D eigenvalue weighted by Crippen LogP contribution is 2.19. The lowest BCUT2D eigenvalue weighted by Gasteiger charge is -2.14. The molecule has 1 atom stereocenters. The molecule has 0 radical (unpaired) electrons. The Bertz CT molecular complexity index is 844. The fraction of sp³-hybridized carbons (Fsp3) is 0.350. The maximum absolute atomic E-state index is 12.4. The van der Waals surface area contributed by atoms with Crippen molar-refractivity contribution in [3.8, 4) is 0 Å². The predicted octanol–water partition coefficient (Wildman–Crippen LogP) is 4.29. The molecule has 0 saturated heterocycles. The zero-order valence-electron chi connectivity index (χ0n) is 15.2. The van der Waals surface area contributed by atoms with Gasteiger partial charge in [0.2, 0.25) is 15.9 Å². The van der Waals surface area contributed by atoms with Gasteiger partial charge < -0.3 is 0 Å². The minimum Gasteiger partial charge on any atom is -0.273 e. The van der Waals surface area contributed by atoms with E-state index in [0.29, 0.717) is 16.5 Å². The zero-order chi connectivity index (χ0) is 19.3. The van der Waals surface area contributed by atoms with E-state index >= 15 is 0 Å².